The van der Waals surface area contributed by atoms with Gasteiger partial charge in [-0.15, -0.1) is 0 Å². The van der Waals surface area contributed by atoms with Gasteiger partial charge < -0.3 is 10.6 Å². The topological polar surface area (TPSA) is 75.3 Å². The fourth-order valence-corrected chi connectivity index (χ4v) is 3.82. The molecule has 5 nitrogen and oxygen atoms in total. The molecule has 1 fully saturated rings. The molecule has 0 radical (unpaired) electrons. The summed E-state index contributed by atoms with van der Waals surface area (Å²) in [6.45, 7) is 2.43. The van der Waals surface area contributed by atoms with Crippen molar-refractivity contribution >= 4 is 15.9 Å². The van der Waals surface area contributed by atoms with Crippen LogP contribution < -0.4 is 10.6 Å². The van der Waals surface area contributed by atoms with E-state index in [-0.39, 0.29) is 23.6 Å². The maximum atomic E-state index is 11.7. The Morgan fingerprint density at radius 3 is 2.84 bits per heavy atom. The quantitative estimate of drug-likeness (QED) is 0.868. The molecule has 1 aromatic rings. The molecule has 1 atom stereocenters. The molecule has 19 heavy (non-hydrogen) atoms. The molecular weight excluding hydrogens is 264 g/mol. The van der Waals surface area contributed by atoms with Gasteiger partial charge in [0.15, 0.2) is 9.84 Å². The number of hydrogen-bond donors (Lipinski definition) is 2. The van der Waals surface area contributed by atoms with Crippen LogP contribution in [0.3, 0.4) is 0 Å². The van der Waals surface area contributed by atoms with E-state index in [1.54, 1.807) is 0 Å². The lowest BCUT2D eigenvalue weighted by atomic mass is 10.1. The molecule has 0 bridgehead atoms. The molecule has 104 valence electrons. The maximum Gasteiger partial charge on any atom is 0.315 e. The van der Waals surface area contributed by atoms with E-state index in [0.717, 1.165) is 11.1 Å². The smallest absolute Gasteiger partial charge is 0.315 e. The zero-order valence-corrected chi connectivity index (χ0v) is 11.7. The van der Waals surface area contributed by atoms with E-state index < -0.39 is 9.84 Å². The van der Waals surface area contributed by atoms with Gasteiger partial charge in [0.1, 0.15) is 0 Å². The predicted octanol–water partition coefficient (Wildman–Crippen LogP) is 0.981. The number of carbonyl (C=O) groups excluding carboxylic acids is 1. The maximum absolute atomic E-state index is 11.7. The molecular formula is C13H18N2O3S. The van der Waals surface area contributed by atoms with Crippen LogP contribution in [-0.4, -0.2) is 32.0 Å². The minimum atomic E-state index is -2.96. The zero-order valence-electron chi connectivity index (χ0n) is 10.8. The fourth-order valence-electron chi connectivity index (χ4n) is 2.15. The van der Waals surface area contributed by atoms with E-state index in [9.17, 15) is 13.2 Å². The number of benzene rings is 1. The molecule has 0 aromatic heterocycles. The van der Waals surface area contributed by atoms with Crippen LogP contribution in [0.5, 0.6) is 0 Å². The van der Waals surface area contributed by atoms with Crippen LogP contribution in [0.4, 0.5) is 4.79 Å². The Balaban J connectivity index is 1.79. The summed E-state index contributed by atoms with van der Waals surface area (Å²) < 4.78 is 22.5. The van der Waals surface area contributed by atoms with Gasteiger partial charge in [-0.25, -0.2) is 13.2 Å². The van der Waals surface area contributed by atoms with Crippen LogP contribution in [-0.2, 0) is 16.4 Å². The summed E-state index contributed by atoms with van der Waals surface area (Å²) in [5.41, 5.74) is 2.16. The Labute approximate surface area is 113 Å². The normalized spacial score (nSPS) is 21.0. The van der Waals surface area contributed by atoms with Gasteiger partial charge in [0.05, 0.1) is 11.5 Å². The molecule has 0 spiro atoms. The highest BCUT2D eigenvalue weighted by molar-refractivity contribution is 7.91. The van der Waals surface area contributed by atoms with Gasteiger partial charge in [-0.2, -0.15) is 0 Å². The number of nitrogens with one attached hydrogen (secondary N) is 2. The van der Waals surface area contributed by atoms with E-state index in [2.05, 4.69) is 10.6 Å². The van der Waals surface area contributed by atoms with Crippen molar-refractivity contribution in [3.8, 4) is 0 Å². The van der Waals surface area contributed by atoms with Gasteiger partial charge in [-0.05, 0) is 18.9 Å². The van der Waals surface area contributed by atoms with Gasteiger partial charge in [0.2, 0.25) is 0 Å². The molecule has 1 aliphatic rings. The summed E-state index contributed by atoms with van der Waals surface area (Å²) in [6.07, 6.45) is 0.500. The van der Waals surface area contributed by atoms with Crippen molar-refractivity contribution in [3.05, 3.63) is 35.4 Å². The summed E-state index contributed by atoms with van der Waals surface area (Å²) in [5, 5.41) is 5.43. The fraction of sp³-hybridized carbons (Fsp3) is 0.462. The van der Waals surface area contributed by atoms with E-state index in [1.165, 1.54) is 0 Å². The van der Waals surface area contributed by atoms with Crippen molar-refractivity contribution in [1.82, 2.24) is 10.6 Å². The molecule has 1 heterocycles. The molecule has 1 aromatic carbocycles. The predicted molar refractivity (Wildman–Crippen MR) is 73.6 cm³/mol. The van der Waals surface area contributed by atoms with Crippen LogP contribution in [0.1, 0.15) is 17.5 Å². The summed E-state index contributed by atoms with van der Waals surface area (Å²) >= 11 is 0. The zero-order chi connectivity index (χ0) is 13.9. The van der Waals surface area contributed by atoms with Gasteiger partial charge in [0, 0.05) is 12.6 Å². The Bertz CT molecular complexity index is 569. The van der Waals surface area contributed by atoms with Gasteiger partial charge >= 0.3 is 6.03 Å². The van der Waals surface area contributed by atoms with E-state index in [0.29, 0.717) is 13.0 Å². The van der Waals surface area contributed by atoms with Crippen molar-refractivity contribution in [3.63, 3.8) is 0 Å². The number of amides is 2. The largest absolute Gasteiger partial charge is 0.334 e. The monoisotopic (exact) mass is 282 g/mol. The van der Waals surface area contributed by atoms with Crippen LogP contribution in [0.25, 0.3) is 0 Å². The number of rotatable bonds is 3. The molecule has 1 aliphatic heterocycles. The van der Waals surface area contributed by atoms with E-state index >= 15 is 0 Å². The third kappa shape index (κ3) is 4.24. The number of aryl methyl sites for hydroxylation is 1. The van der Waals surface area contributed by atoms with Crippen LogP contribution in [0.2, 0.25) is 0 Å². The second-order valence-electron chi connectivity index (χ2n) is 4.92. The van der Waals surface area contributed by atoms with Gasteiger partial charge in [-0.3, -0.25) is 0 Å². The number of hydrogen-bond acceptors (Lipinski definition) is 3. The van der Waals surface area contributed by atoms with Gasteiger partial charge in [-0.1, -0.05) is 29.8 Å². The molecule has 0 aliphatic carbocycles. The number of carbonyl (C=O) groups is 1. The highest BCUT2D eigenvalue weighted by Gasteiger charge is 2.28. The van der Waals surface area contributed by atoms with Crippen LogP contribution >= 0.6 is 0 Å². The molecule has 2 amide bonds. The first-order valence-corrected chi connectivity index (χ1v) is 8.07. The highest BCUT2D eigenvalue weighted by Crippen LogP contribution is 2.11. The first-order chi connectivity index (χ1) is 8.94. The average molecular weight is 282 g/mol. The first kappa shape index (κ1) is 13.9. The highest BCUT2D eigenvalue weighted by atomic mass is 32.2. The first-order valence-electron chi connectivity index (χ1n) is 6.25. The SMILES string of the molecule is Cc1cccc(CNC(=O)NC2CCS(=O)(=O)C2)c1. The van der Waals surface area contributed by atoms with Crippen LogP contribution in [0, 0.1) is 6.92 Å². The molecule has 0 saturated carbocycles. The van der Waals surface area contributed by atoms with Crippen molar-refractivity contribution in [2.24, 2.45) is 0 Å². The Kier molecular flexibility index (Phi) is 4.09. The second-order valence-corrected chi connectivity index (χ2v) is 7.14. The summed E-state index contributed by atoms with van der Waals surface area (Å²) in [4.78, 5) is 11.7. The Morgan fingerprint density at radius 1 is 1.42 bits per heavy atom. The van der Waals surface area contributed by atoms with E-state index in [4.69, 9.17) is 0 Å². The molecule has 2 rings (SSSR count). The molecule has 1 saturated heterocycles. The lowest BCUT2D eigenvalue weighted by Gasteiger charge is -2.12. The lowest BCUT2D eigenvalue weighted by Crippen LogP contribution is -2.42. The third-order valence-corrected chi connectivity index (χ3v) is 4.87. The summed E-state index contributed by atoms with van der Waals surface area (Å²) in [5.74, 6) is 0.209. The summed E-state index contributed by atoms with van der Waals surface area (Å²) in [6, 6.07) is 7.29. The summed E-state index contributed by atoms with van der Waals surface area (Å²) in [7, 11) is -2.96. The Hall–Kier alpha value is -1.56. The number of urea groups is 1. The third-order valence-electron chi connectivity index (χ3n) is 3.10. The Morgan fingerprint density at radius 2 is 2.21 bits per heavy atom. The minimum Gasteiger partial charge on any atom is -0.334 e. The number of sulfone groups is 1. The molecule has 1 unspecified atom stereocenters. The van der Waals surface area contributed by atoms with Crippen molar-refractivity contribution in [2.75, 3.05) is 11.5 Å². The molecule has 6 heteroatoms. The van der Waals surface area contributed by atoms with Crippen molar-refractivity contribution in [1.29, 1.82) is 0 Å². The van der Waals surface area contributed by atoms with E-state index in [1.807, 2.05) is 31.2 Å². The lowest BCUT2D eigenvalue weighted by molar-refractivity contribution is 0.237. The second kappa shape index (κ2) is 5.61. The minimum absolute atomic E-state index is 0.0465. The standard InChI is InChI=1S/C13H18N2O3S/c1-10-3-2-4-11(7-10)8-14-13(16)15-12-5-6-19(17,18)9-12/h2-4,7,12H,5-6,8-9H2,1H3,(H2,14,15,16). The van der Waals surface area contributed by atoms with Crippen molar-refractivity contribution < 1.29 is 13.2 Å². The average Bonchev–Trinajstić information content (AvgIpc) is 2.66. The van der Waals surface area contributed by atoms with Crippen molar-refractivity contribution in [2.45, 2.75) is 25.9 Å². The molecule has 2 N–H and O–H groups in total. The van der Waals surface area contributed by atoms with Crippen LogP contribution in [0.15, 0.2) is 24.3 Å². The van der Waals surface area contributed by atoms with Gasteiger partial charge in [0.25, 0.3) is 0 Å².